The molecule has 1 fully saturated rings. The topological polar surface area (TPSA) is 71.8 Å². The predicted molar refractivity (Wildman–Crippen MR) is 194 cm³/mol. The van der Waals surface area contributed by atoms with Crippen molar-refractivity contribution in [1.29, 1.82) is 0 Å². The van der Waals surface area contributed by atoms with E-state index in [0.29, 0.717) is 18.8 Å². The zero-order chi connectivity index (χ0) is 34.3. The van der Waals surface area contributed by atoms with Crippen LogP contribution in [-0.4, -0.2) is 50.0 Å². The smallest absolute Gasteiger partial charge is 0.274 e. The molecule has 0 amide bonds. The number of nitrogens with zero attached hydrogens (tertiary/aromatic N) is 1. The van der Waals surface area contributed by atoms with Gasteiger partial charge in [-0.1, -0.05) is 44.8 Å². The number of halogens is 2. The lowest BCUT2D eigenvalue weighted by atomic mass is 9.85. The highest BCUT2D eigenvalue weighted by Crippen LogP contribution is 2.41. The molecule has 6 nitrogen and oxygen atoms in total. The molecule has 1 saturated heterocycles. The van der Waals surface area contributed by atoms with E-state index in [4.69, 9.17) is 15.2 Å². The van der Waals surface area contributed by atoms with Gasteiger partial charge in [0.25, 0.3) is 5.92 Å². The summed E-state index contributed by atoms with van der Waals surface area (Å²) in [5.74, 6) is 3.67. The lowest BCUT2D eigenvalue weighted by molar-refractivity contribution is 0.0155. The summed E-state index contributed by atoms with van der Waals surface area (Å²) in [5, 5.41) is 6.69. The molecule has 1 heterocycles. The Morgan fingerprint density at radius 1 is 0.792 bits per heavy atom. The zero-order valence-electron chi connectivity index (χ0n) is 28.5. The molecule has 0 saturated carbocycles. The van der Waals surface area contributed by atoms with Gasteiger partial charge in [0, 0.05) is 74.6 Å². The number of nitrogens with two attached hydrogens (primary N) is 1. The van der Waals surface area contributed by atoms with E-state index in [-0.39, 0.29) is 16.7 Å². The van der Waals surface area contributed by atoms with Crippen LogP contribution in [0.5, 0.6) is 23.0 Å². The van der Waals surface area contributed by atoms with Crippen molar-refractivity contribution in [3.05, 3.63) is 107 Å². The number of ether oxygens (including phenoxy) is 2. The molecule has 1 unspecified atom stereocenters. The predicted octanol–water partition coefficient (Wildman–Crippen LogP) is 8.25. The third-order valence-corrected chi connectivity index (χ3v) is 9.99. The highest BCUT2D eigenvalue weighted by atomic mass is 32.2. The van der Waals surface area contributed by atoms with Gasteiger partial charge >= 0.3 is 0 Å². The maximum absolute atomic E-state index is 14.5. The van der Waals surface area contributed by atoms with Crippen LogP contribution < -0.4 is 25.8 Å². The van der Waals surface area contributed by atoms with Crippen molar-refractivity contribution in [2.24, 2.45) is 5.73 Å². The summed E-state index contributed by atoms with van der Waals surface area (Å²) in [7, 11) is -0.470. The van der Waals surface area contributed by atoms with E-state index in [1.54, 1.807) is 12.1 Å². The second kappa shape index (κ2) is 15.7. The molecule has 1 aliphatic heterocycles. The number of benzene rings is 4. The van der Waals surface area contributed by atoms with Gasteiger partial charge in [0.15, 0.2) is 0 Å². The number of hydrogen-bond donors (Lipinski definition) is 3. The SMILES string of the molecule is C=S(c1ccc(Oc2cc(CNCCN)ccc2C(C)(C)C)cc1)c1ccc(Oc2cc(CN3CCNCC3)ccc2C(C)(F)F)cc1. The summed E-state index contributed by atoms with van der Waals surface area (Å²) in [6, 6.07) is 27.0. The van der Waals surface area contributed by atoms with Crippen molar-refractivity contribution < 1.29 is 18.3 Å². The van der Waals surface area contributed by atoms with E-state index in [1.165, 1.54) is 6.07 Å². The van der Waals surface area contributed by atoms with Crippen LogP contribution in [0.4, 0.5) is 8.78 Å². The van der Waals surface area contributed by atoms with E-state index in [9.17, 15) is 8.78 Å². The maximum atomic E-state index is 14.5. The van der Waals surface area contributed by atoms with Gasteiger partial charge in [-0.3, -0.25) is 4.90 Å². The van der Waals surface area contributed by atoms with Crippen LogP contribution in [-0.2, 0) is 24.4 Å². The summed E-state index contributed by atoms with van der Waals surface area (Å²) in [6.45, 7) is 13.9. The Bertz CT molecular complexity index is 1680. The number of piperazine rings is 1. The molecule has 5 rings (SSSR count). The van der Waals surface area contributed by atoms with Crippen molar-refractivity contribution in [3.63, 3.8) is 0 Å². The minimum Gasteiger partial charge on any atom is -0.457 e. The van der Waals surface area contributed by atoms with Crippen molar-refractivity contribution >= 4 is 16.4 Å². The van der Waals surface area contributed by atoms with E-state index in [1.807, 2.05) is 48.5 Å². The fourth-order valence-electron chi connectivity index (χ4n) is 5.69. The lowest BCUT2D eigenvalue weighted by Crippen LogP contribution is -2.42. The van der Waals surface area contributed by atoms with Crippen LogP contribution in [0.1, 0.15) is 49.9 Å². The third kappa shape index (κ3) is 9.51. The first kappa shape index (κ1) is 35.7. The van der Waals surface area contributed by atoms with Crippen LogP contribution in [0.2, 0.25) is 0 Å². The number of hydrogen-bond acceptors (Lipinski definition) is 6. The summed E-state index contributed by atoms with van der Waals surface area (Å²) in [4.78, 5) is 4.38. The van der Waals surface area contributed by atoms with Gasteiger partial charge in [0.2, 0.25) is 0 Å². The third-order valence-electron chi connectivity index (χ3n) is 8.31. The molecule has 256 valence electrons. The number of nitrogens with one attached hydrogen (secondary N) is 2. The molecule has 0 radical (unpaired) electrons. The Morgan fingerprint density at radius 2 is 1.31 bits per heavy atom. The normalized spacial score (nSPS) is 14.9. The van der Waals surface area contributed by atoms with Crippen molar-refractivity contribution in [2.45, 2.75) is 61.9 Å². The first-order valence-electron chi connectivity index (χ1n) is 16.5. The Labute approximate surface area is 286 Å². The Balaban J connectivity index is 1.28. The van der Waals surface area contributed by atoms with Crippen LogP contribution in [0, 0.1) is 0 Å². The highest BCUT2D eigenvalue weighted by molar-refractivity contribution is 8.14. The number of alkyl halides is 2. The van der Waals surface area contributed by atoms with Gasteiger partial charge < -0.3 is 25.8 Å². The minimum absolute atomic E-state index is 0.0824. The maximum Gasteiger partial charge on any atom is 0.274 e. The Kier molecular flexibility index (Phi) is 11.7. The average molecular weight is 675 g/mol. The minimum atomic E-state index is -3.03. The summed E-state index contributed by atoms with van der Waals surface area (Å²) < 4.78 is 41.6. The van der Waals surface area contributed by atoms with Crippen LogP contribution >= 0.6 is 10.5 Å². The van der Waals surface area contributed by atoms with Crippen LogP contribution in [0.25, 0.3) is 0 Å². The molecule has 0 spiro atoms. The Morgan fingerprint density at radius 3 is 1.85 bits per heavy atom. The van der Waals surface area contributed by atoms with E-state index in [0.717, 1.165) is 84.2 Å². The van der Waals surface area contributed by atoms with Gasteiger partial charge in [0.05, 0.1) is 5.56 Å². The number of rotatable bonds is 13. The molecule has 0 bridgehead atoms. The lowest BCUT2D eigenvalue weighted by Gasteiger charge is -2.27. The van der Waals surface area contributed by atoms with Gasteiger partial charge in [-0.2, -0.15) is 0 Å². The molecule has 1 aliphatic rings. The molecular weight excluding hydrogens is 627 g/mol. The summed E-state index contributed by atoms with van der Waals surface area (Å²) in [6.07, 6.45) is 0. The largest absolute Gasteiger partial charge is 0.457 e. The molecule has 4 aromatic carbocycles. The van der Waals surface area contributed by atoms with Gasteiger partial charge in [0.1, 0.15) is 23.0 Å². The molecule has 48 heavy (non-hydrogen) atoms. The van der Waals surface area contributed by atoms with Gasteiger partial charge in [-0.15, -0.1) is 10.5 Å². The standard InChI is InChI=1S/C39H48F2N4O2S/c1-38(2,3)34-16-6-28(26-44-19-18-42)24-36(34)46-30-8-12-32(13-9-30)48(5)33-14-10-31(11-15-33)47-37-25-29(7-17-35(37)39(4,40)41)27-45-22-20-43-21-23-45/h6-17,24-25,43-44H,5,18-23,26-27,42H2,1-4H3. The van der Waals surface area contributed by atoms with E-state index >= 15 is 0 Å². The van der Waals surface area contributed by atoms with Crippen LogP contribution in [0.15, 0.2) is 94.7 Å². The summed E-state index contributed by atoms with van der Waals surface area (Å²) in [5.41, 5.74) is 8.65. The second-order valence-corrected chi connectivity index (χ2v) is 15.1. The van der Waals surface area contributed by atoms with Gasteiger partial charge in [-0.25, -0.2) is 8.78 Å². The van der Waals surface area contributed by atoms with Crippen LogP contribution in [0.3, 0.4) is 0 Å². The average Bonchev–Trinajstić information content (AvgIpc) is 3.05. The second-order valence-electron chi connectivity index (χ2n) is 13.3. The molecular formula is C39H48F2N4O2S. The highest BCUT2D eigenvalue weighted by Gasteiger charge is 2.29. The zero-order valence-corrected chi connectivity index (χ0v) is 29.3. The molecule has 9 heteroatoms. The molecule has 4 aromatic rings. The Hall–Kier alpha value is -3.60. The fourth-order valence-corrected chi connectivity index (χ4v) is 6.89. The first-order valence-corrected chi connectivity index (χ1v) is 17.9. The fraction of sp³-hybridized carbons (Fsp3) is 0.359. The quantitative estimate of drug-likeness (QED) is 0.0981. The molecule has 1 atom stereocenters. The monoisotopic (exact) mass is 674 g/mol. The van der Waals surface area contributed by atoms with Crippen molar-refractivity contribution in [2.75, 3.05) is 39.3 Å². The molecule has 0 aromatic heterocycles. The van der Waals surface area contributed by atoms with Crippen molar-refractivity contribution in [1.82, 2.24) is 15.5 Å². The molecule has 0 aliphatic carbocycles. The van der Waals surface area contributed by atoms with E-state index < -0.39 is 16.4 Å². The van der Waals surface area contributed by atoms with Gasteiger partial charge in [-0.05, 0) is 83.3 Å². The summed E-state index contributed by atoms with van der Waals surface area (Å²) >= 11 is 0. The van der Waals surface area contributed by atoms with Crippen molar-refractivity contribution in [3.8, 4) is 23.0 Å². The van der Waals surface area contributed by atoms with E-state index in [2.05, 4.69) is 60.4 Å². The molecule has 4 N–H and O–H groups in total. The first-order chi connectivity index (χ1) is 22.9.